The first kappa shape index (κ1) is 23.9. The average molecular weight is 448 g/mol. The number of hydrogen-bond acceptors (Lipinski definition) is 6. The third-order valence-electron chi connectivity index (χ3n) is 5.02. The second kappa shape index (κ2) is 12.3. The van der Waals surface area contributed by atoms with Gasteiger partial charge in [-0.1, -0.05) is 32.6 Å². The van der Waals surface area contributed by atoms with Crippen molar-refractivity contribution in [2.24, 2.45) is 4.99 Å². The van der Waals surface area contributed by atoms with E-state index in [-0.39, 0.29) is 17.2 Å². The lowest BCUT2D eigenvalue weighted by Gasteiger charge is -2.08. The van der Waals surface area contributed by atoms with E-state index in [1.807, 2.05) is 0 Å². The van der Waals surface area contributed by atoms with Crippen LogP contribution in [0.4, 0.5) is 5.69 Å². The molecule has 0 saturated carbocycles. The Hall–Kier alpha value is -3.80. The third-order valence-corrected chi connectivity index (χ3v) is 5.02. The van der Waals surface area contributed by atoms with Crippen LogP contribution in [0.5, 0.6) is 23.0 Å². The minimum absolute atomic E-state index is 0.0643. The molecule has 0 fully saturated rings. The van der Waals surface area contributed by atoms with Crippen LogP contribution in [0.1, 0.15) is 54.9 Å². The first-order valence-electron chi connectivity index (χ1n) is 11.2. The van der Waals surface area contributed by atoms with E-state index >= 15 is 0 Å². The van der Waals surface area contributed by atoms with Crippen molar-refractivity contribution in [3.05, 3.63) is 77.9 Å². The van der Waals surface area contributed by atoms with Gasteiger partial charge in [-0.2, -0.15) is 0 Å². The lowest BCUT2D eigenvalue weighted by molar-refractivity contribution is 0.0734. The van der Waals surface area contributed by atoms with Crippen LogP contribution in [0.2, 0.25) is 0 Å². The Bertz CT molecular complexity index is 1060. The lowest BCUT2D eigenvalue weighted by atomic mass is 10.2. The maximum absolute atomic E-state index is 12.4. The van der Waals surface area contributed by atoms with Crippen LogP contribution in [-0.4, -0.2) is 29.0 Å². The van der Waals surface area contributed by atoms with Crippen molar-refractivity contribution in [3.8, 4) is 23.0 Å². The van der Waals surface area contributed by atoms with E-state index in [0.29, 0.717) is 23.4 Å². The predicted molar refractivity (Wildman–Crippen MR) is 129 cm³/mol. The van der Waals surface area contributed by atoms with Crippen molar-refractivity contribution in [2.45, 2.75) is 39.0 Å². The minimum atomic E-state index is -0.522. The smallest absolute Gasteiger partial charge is 0.343 e. The molecule has 0 unspecified atom stereocenters. The molecule has 0 radical (unpaired) electrons. The zero-order chi connectivity index (χ0) is 23.5. The zero-order valence-electron chi connectivity index (χ0n) is 18.7. The summed E-state index contributed by atoms with van der Waals surface area (Å²) >= 11 is 0. The number of hydrogen-bond donors (Lipinski definition) is 2. The molecule has 172 valence electrons. The summed E-state index contributed by atoms with van der Waals surface area (Å²) in [6.07, 6.45) is 7.37. The molecule has 0 heterocycles. The summed E-state index contributed by atoms with van der Waals surface area (Å²) in [5.74, 6) is 0.517. The Balaban J connectivity index is 1.52. The van der Waals surface area contributed by atoms with Crippen molar-refractivity contribution in [2.75, 3.05) is 6.61 Å². The lowest BCUT2D eigenvalue weighted by Crippen LogP contribution is -2.08. The van der Waals surface area contributed by atoms with Gasteiger partial charge in [0.15, 0.2) is 0 Å². The van der Waals surface area contributed by atoms with Gasteiger partial charge >= 0.3 is 5.97 Å². The number of rotatable bonds is 11. The van der Waals surface area contributed by atoms with E-state index in [9.17, 15) is 15.0 Å². The van der Waals surface area contributed by atoms with E-state index in [2.05, 4.69) is 11.9 Å². The van der Waals surface area contributed by atoms with Gasteiger partial charge in [0.25, 0.3) is 0 Å². The molecule has 0 aromatic heterocycles. The molecule has 2 N–H and O–H groups in total. The van der Waals surface area contributed by atoms with Crippen molar-refractivity contribution >= 4 is 17.9 Å². The summed E-state index contributed by atoms with van der Waals surface area (Å²) in [7, 11) is 0. The first-order chi connectivity index (χ1) is 16.0. The number of phenolic OH excluding ortho intramolecular Hbond substituents is 2. The molecule has 0 bridgehead atoms. The molecule has 33 heavy (non-hydrogen) atoms. The van der Waals surface area contributed by atoms with Crippen LogP contribution in [0.15, 0.2) is 71.7 Å². The van der Waals surface area contributed by atoms with E-state index in [1.165, 1.54) is 43.7 Å². The maximum atomic E-state index is 12.4. The molecule has 0 amide bonds. The van der Waals surface area contributed by atoms with Crippen LogP contribution in [0, 0.1) is 0 Å². The molecular formula is C27H29NO5. The van der Waals surface area contributed by atoms with Gasteiger partial charge in [0.1, 0.15) is 23.0 Å². The van der Waals surface area contributed by atoms with Crippen LogP contribution in [-0.2, 0) is 0 Å². The topological polar surface area (TPSA) is 88.4 Å². The summed E-state index contributed by atoms with van der Waals surface area (Å²) in [4.78, 5) is 16.7. The highest BCUT2D eigenvalue weighted by atomic mass is 16.5. The molecule has 0 spiro atoms. The van der Waals surface area contributed by atoms with Gasteiger partial charge in [-0.15, -0.1) is 0 Å². The van der Waals surface area contributed by atoms with Gasteiger partial charge in [0.2, 0.25) is 0 Å². The van der Waals surface area contributed by atoms with Gasteiger partial charge in [-0.25, -0.2) is 4.79 Å². The Kier molecular flexibility index (Phi) is 8.88. The van der Waals surface area contributed by atoms with Crippen LogP contribution in [0.25, 0.3) is 0 Å². The normalized spacial score (nSPS) is 10.9. The summed E-state index contributed by atoms with van der Waals surface area (Å²) in [6, 6.07) is 17.8. The van der Waals surface area contributed by atoms with Crippen LogP contribution < -0.4 is 9.47 Å². The standard InChI is InChI=1S/C27H29NO5/c1-2-3-4-5-6-17-32-24-14-7-20(8-15-24)27(31)33-25-16-9-21(26(30)18-25)19-28-22-10-12-23(29)13-11-22/h7-16,18-19,29-30H,2-6,17H2,1H3. The molecule has 3 rings (SSSR count). The average Bonchev–Trinajstić information content (AvgIpc) is 2.82. The third kappa shape index (κ3) is 7.68. The number of unbranched alkanes of at least 4 members (excludes halogenated alkanes) is 4. The number of benzene rings is 3. The zero-order valence-corrected chi connectivity index (χ0v) is 18.7. The second-order valence-electron chi connectivity index (χ2n) is 7.67. The Morgan fingerprint density at radius 3 is 2.27 bits per heavy atom. The first-order valence-corrected chi connectivity index (χ1v) is 11.2. The van der Waals surface area contributed by atoms with Gasteiger partial charge in [0, 0.05) is 17.8 Å². The van der Waals surface area contributed by atoms with Crippen LogP contribution >= 0.6 is 0 Å². The summed E-state index contributed by atoms with van der Waals surface area (Å²) in [6.45, 7) is 2.85. The predicted octanol–water partition coefficient (Wildman–Crippen LogP) is 6.42. The summed E-state index contributed by atoms with van der Waals surface area (Å²) < 4.78 is 11.1. The molecule has 6 heteroatoms. The minimum Gasteiger partial charge on any atom is -0.508 e. The van der Waals surface area contributed by atoms with Gasteiger partial charge < -0.3 is 19.7 Å². The molecule has 0 saturated heterocycles. The Labute approximate surface area is 194 Å². The fraction of sp³-hybridized carbons (Fsp3) is 0.259. The number of phenols is 2. The molecule has 0 aliphatic rings. The van der Waals surface area contributed by atoms with Crippen molar-refractivity contribution in [1.82, 2.24) is 0 Å². The van der Waals surface area contributed by atoms with E-state index in [1.54, 1.807) is 48.5 Å². The molecule has 3 aromatic carbocycles. The number of aromatic hydroxyl groups is 2. The Morgan fingerprint density at radius 2 is 1.58 bits per heavy atom. The van der Waals surface area contributed by atoms with Crippen molar-refractivity contribution in [3.63, 3.8) is 0 Å². The number of carbonyl (C=O) groups is 1. The molecule has 6 nitrogen and oxygen atoms in total. The highest BCUT2D eigenvalue weighted by Crippen LogP contribution is 2.25. The molecule has 0 aliphatic carbocycles. The fourth-order valence-electron chi connectivity index (χ4n) is 3.13. The Morgan fingerprint density at radius 1 is 0.879 bits per heavy atom. The van der Waals surface area contributed by atoms with Crippen molar-refractivity contribution in [1.29, 1.82) is 0 Å². The quantitative estimate of drug-likeness (QED) is 0.153. The molecular weight excluding hydrogens is 418 g/mol. The summed E-state index contributed by atoms with van der Waals surface area (Å²) in [5, 5.41) is 19.6. The molecule has 0 atom stereocenters. The number of aliphatic imine (C=N–C) groups is 1. The largest absolute Gasteiger partial charge is 0.508 e. The second-order valence-corrected chi connectivity index (χ2v) is 7.67. The fourth-order valence-corrected chi connectivity index (χ4v) is 3.13. The number of carbonyl (C=O) groups excluding carboxylic acids is 1. The monoisotopic (exact) mass is 447 g/mol. The number of nitrogens with zero attached hydrogens (tertiary/aromatic N) is 1. The molecule has 0 aliphatic heterocycles. The van der Waals surface area contributed by atoms with Gasteiger partial charge in [-0.05, 0) is 67.1 Å². The van der Waals surface area contributed by atoms with Gasteiger partial charge in [0.05, 0.1) is 17.9 Å². The van der Waals surface area contributed by atoms with E-state index < -0.39 is 5.97 Å². The highest BCUT2D eigenvalue weighted by Gasteiger charge is 2.10. The number of ether oxygens (including phenoxy) is 2. The maximum Gasteiger partial charge on any atom is 0.343 e. The SMILES string of the molecule is CCCCCCCOc1ccc(C(=O)Oc2ccc(C=Nc3ccc(O)cc3)c(O)c2)cc1. The van der Waals surface area contributed by atoms with Crippen molar-refractivity contribution < 1.29 is 24.5 Å². The molecule has 3 aromatic rings. The van der Waals surface area contributed by atoms with E-state index in [0.717, 1.165) is 18.6 Å². The summed E-state index contributed by atoms with van der Waals surface area (Å²) in [5.41, 5.74) is 1.49. The van der Waals surface area contributed by atoms with Crippen LogP contribution in [0.3, 0.4) is 0 Å². The highest BCUT2D eigenvalue weighted by molar-refractivity contribution is 5.91. The van der Waals surface area contributed by atoms with Gasteiger partial charge in [-0.3, -0.25) is 4.99 Å². The number of esters is 1. The van der Waals surface area contributed by atoms with E-state index in [4.69, 9.17) is 9.47 Å².